The molecule has 53 heavy (non-hydrogen) atoms. The Morgan fingerprint density at radius 2 is 1.42 bits per heavy atom. The van der Waals surface area contributed by atoms with Gasteiger partial charge < -0.3 is 95.9 Å². The maximum atomic E-state index is 12.8. The highest BCUT2D eigenvalue weighted by atomic mass is 16.8. The molecule has 300 valence electrons. The van der Waals surface area contributed by atoms with Crippen LogP contribution in [0.2, 0.25) is 0 Å². The smallest absolute Gasteiger partial charge is 0.364 e. The number of anilines is 1. The van der Waals surface area contributed by atoms with Crippen LogP contribution in [0.3, 0.4) is 0 Å². The van der Waals surface area contributed by atoms with Gasteiger partial charge in [-0.2, -0.15) is 0 Å². The van der Waals surface area contributed by atoms with Crippen molar-refractivity contribution in [1.82, 2.24) is 10.6 Å². The van der Waals surface area contributed by atoms with Crippen molar-refractivity contribution >= 4 is 23.5 Å². The number of carbonyl (C=O) groups excluding carboxylic acids is 2. The summed E-state index contributed by atoms with van der Waals surface area (Å²) in [6.45, 7) is -0.677. The first-order valence-corrected chi connectivity index (χ1v) is 16.5. The van der Waals surface area contributed by atoms with E-state index < -0.39 is 142 Å². The van der Waals surface area contributed by atoms with Crippen LogP contribution in [-0.4, -0.2) is 186 Å². The molecule has 0 unspecified atom stereocenters. The molecule has 2 amide bonds. The summed E-state index contributed by atoms with van der Waals surface area (Å²) < 4.78 is 34.4. The van der Waals surface area contributed by atoms with Crippen molar-refractivity contribution in [2.75, 3.05) is 25.6 Å². The monoisotopic (exact) mass is 765 g/mol. The summed E-state index contributed by atoms with van der Waals surface area (Å²) in [5.41, 5.74) is 6.13. The molecule has 16 atom stereocenters. The maximum Gasteiger partial charge on any atom is 0.364 e. The van der Waals surface area contributed by atoms with Gasteiger partial charge in [0.15, 0.2) is 6.29 Å². The minimum absolute atomic E-state index is 0.182. The average Bonchev–Trinajstić information content (AvgIpc) is 3.11. The molecule has 22 nitrogen and oxygen atoms in total. The quantitative estimate of drug-likeness (QED) is 0.0783. The Balaban J connectivity index is 1.68. The van der Waals surface area contributed by atoms with E-state index in [0.717, 1.165) is 13.8 Å². The number of carboxylic acids is 1. The molecule has 3 heterocycles. The van der Waals surface area contributed by atoms with Gasteiger partial charge >= 0.3 is 5.97 Å². The van der Waals surface area contributed by atoms with Crippen LogP contribution in [0, 0.1) is 0 Å². The Bertz CT molecular complexity index is 1390. The Labute approximate surface area is 301 Å². The summed E-state index contributed by atoms with van der Waals surface area (Å²) in [6, 6.07) is 2.97. The molecule has 0 radical (unpaired) electrons. The number of ether oxygens (including phenoxy) is 6. The molecule has 14 N–H and O–H groups in total. The predicted octanol–water partition coefficient (Wildman–Crippen LogP) is -6.41. The molecule has 3 aliphatic rings. The number of aliphatic carboxylic acids is 1. The summed E-state index contributed by atoms with van der Waals surface area (Å²) in [6.07, 6.45) is -25.4. The van der Waals surface area contributed by atoms with E-state index in [0.29, 0.717) is 5.69 Å². The van der Waals surface area contributed by atoms with Crippen LogP contribution in [0.25, 0.3) is 0 Å². The molecule has 22 heteroatoms. The Kier molecular flexibility index (Phi) is 14.3. The fourth-order valence-corrected chi connectivity index (χ4v) is 6.33. The highest BCUT2D eigenvalue weighted by molar-refractivity contribution is 5.76. The van der Waals surface area contributed by atoms with Crippen molar-refractivity contribution in [3.63, 3.8) is 0 Å². The maximum absolute atomic E-state index is 12.8. The minimum atomic E-state index is -3.05. The van der Waals surface area contributed by atoms with Crippen molar-refractivity contribution in [1.29, 1.82) is 0 Å². The highest BCUT2D eigenvalue weighted by Gasteiger charge is 2.60. The van der Waals surface area contributed by atoms with Crippen LogP contribution < -0.4 is 21.1 Å². The zero-order valence-corrected chi connectivity index (χ0v) is 28.5. The van der Waals surface area contributed by atoms with E-state index in [1.54, 1.807) is 0 Å². The SMILES string of the molecule is CC(=O)N[C@H]1[C@H](Oc2ccc(N)cc2)O[C@H](CO)[C@H](O)[C@@H]1O[C@@H]1O[C@H](CO)[C@H](O)[C@H](O[C@]2(C(=O)O)C[C@H](O)[C@@H](NC(C)=O)[C@H]([C@H](O)[C@H](O)CO)O2)[C@H]1O. The molecular weight excluding hydrogens is 718 g/mol. The first-order chi connectivity index (χ1) is 25.0. The molecule has 0 bridgehead atoms. The number of nitrogens with two attached hydrogens (primary N) is 1. The van der Waals surface area contributed by atoms with E-state index in [9.17, 15) is 65.4 Å². The highest BCUT2D eigenvalue weighted by Crippen LogP contribution is 2.38. The van der Waals surface area contributed by atoms with Crippen LogP contribution in [0.1, 0.15) is 20.3 Å². The third kappa shape index (κ3) is 9.49. The molecule has 3 aliphatic heterocycles. The van der Waals surface area contributed by atoms with Crippen LogP contribution in [0.4, 0.5) is 5.69 Å². The lowest BCUT2D eigenvalue weighted by molar-refractivity contribution is -0.380. The number of aliphatic hydroxyl groups excluding tert-OH is 9. The lowest BCUT2D eigenvalue weighted by Crippen LogP contribution is -2.71. The van der Waals surface area contributed by atoms with Gasteiger partial charge in [0.1, 0.15) is 72.8 Å². The van der Waals surface area contributed by atoms with Crippen molar-refractivity contribution in [2.45, 2.75) is 118 Å². The van der Waals surface area contributed by atoms with Crippen molar-refractivity contribution in [3.05, 3.63) is 24.3 Å². The number of benzene rings is 1. The van der Waals surface area contributed by atoms with E-state index in [1.807, 2.05) is 0 Å². The second kappa shape index (κ2) is 17.9. The number of hydrogen-bond donors (Lipinski definition) is 13. The fraction of sp³-hybridized carbons (Fsp3) is 0.710. The fourth-order valence-electron chi connectivity index (χ4n) is 6.33. The van der Waals surface area contributed by atoms with Gasteiger partial charge in [0.2, 0.25) is 18.1 Å². The number of hydrogen-bond acceptors (Lipinski definition) is 19. The van der Waals surface area contributed by atoms with Crippen molar-refractivity contribution in [2.24, 2.45) is 0 Å². The standard InChI is InChI=1S/C31H47N3O19/c1-11(38)33-19-15(40)7-31(30(46)47,52-26(19)21(42)16(41)8-35)53-27-23(44)18(10-37)50-29(24(27)45)51-25-20(34-12(2)39)28(49-17(9-36)22(25)43)48-14-5-3-13(32)4-6-14/h3-6,15-29,35-37,40-45H,7-10,32H2,1-2H3,(H,33,38)(H,34,39)(H,46,47)/t15-,16+,17+,18+,19+,20+,21+,22-,23-,24+,25+,26+,27-,28+,29-,31-/m0/s1. The van der Waals surface area contributed by atoms with Crippen LogP contribution in [-0.2, 0) is 38.1 Å². The van der Waals surface area contributed by atoms with Crippen LogP contribution in [0.5, 0.6) is 5.75 Å². The van der Waals surface area contributed by atoms with Crippen molar-refractivity contribution < 1.29 is 93.9 Å². The number of nitrogens with one attached hydrogen (secondary N) is 2. The second-order valence-corrected chi connectivity index (χ2v) is 12.9. The van der Waals surface area contributed by atoms with Gasteiger partial charge in [-0.25, -0.2) is 4.79 Å². The third-order valence-electron chi connectivity index (χ3n) is 8.98. The first kappa shape index (κ1) is 42.4. The molecular formula is C31H47N3O19. The summed E-state index contributed by atoms with van der Waals surface area (Å²) in [5.74, 6) is -6.27. The predicted molar refractivity (Wildman–Crippen MR) is 171 cm³/mol. The number of nitrogen functional groups attached to an aromatic ring is 1. The topological polar surface area (TPSA) is 359 Å². The van der Waals surface area contributed by atoms with Gasteiger partial charge in [-0.1, -0.05) is 0 Å². The summed E-state index contributed by atoms with van der Waals surface area (Å²) in [5, 5.41) is 110. The average molecular weight is 766 g/mol. The van der Waals surface area contributed by atoms with E-state index in [-0.39, 0.29) is 5.75 Å². The van der Waals surface area contributed by atoms with E-state index in [4.69, 9.17) is 34.2 Å². The van der Waals surface area contributed by atoms with Crippen molar-refractivity contribution in [3.8, 4) is 5.75 Å². The normalized spacial score (nSPS) is 38.7. The summed E-state index contributed by atoms with van der Waals surface area (Å²) >= 11 is 0. The number of amides is 2. The molecule has 0 spiro atoms. The van der Waals surface area contributed by atoms with Gasteiger partial charge in [0.25, 0.3) is 5.79 Å². The van der Waals surface area contributed by atoms with Gasteiger partial charge in [-0.15, -0.1) is 0 Å². The zero-order chi connectivity index (χ0) is 39.4. The molecule has 0 aliphatic carbocycles. The molecule has 1 aromatic rings. The van der Waals surface area contributed by atoms with E-state index >= 15 is 0 Å². The summed E-state index contributed by atoms with van der Waals surface area (Å²) in [4.78, 5) is 37.0. The summed E-state index contributed by atoms with van der Waals surface area (Å²) in [7, 11) is 0. The van der Waals surface area contributed by atoms with Gasteiger partial charge in [-0.05, 0) is 24.3 Å². The zero-order valence-electron chi connectivity index (χ0n) is 28.5. The Morgan fingerprint density at radius 3 is 1.94 bits per heavy atom. The lowest BCUT2D eigenvalue weighted by atomic mass is 9.88. The first-order valence-electron chi connectivity index (χ1n) is 16.5. The number of rotatable bonds is 14. The second-order valence-electron chi connectivity index (χ2n) is 12.9. The largest absolute Gasteiger partial charge is 0.477 e. The number of carboxylic acid groups (broad SMARTS) is 1. The van der Waals surface area contributed by atoms with Crippen LogP contribution in [0.15, 0.2) is 24.3 Å². The number of carbonyl (C=O) groups is 3. The lowest BCUT2D eigenvalue weighted by Gasteiger charge is -2.51. The van der Waals surface area contributed by atoms with Gasteiger partial charge in [0, 0.05) is 26.0 Å². The van der Waals surface area contributed by atoms with Gasteiger partial charge in [-0.3, -0.25) is 9.59 Å². The molecule has 3 fully saturated rings. The van der Waals surface area contributed by atoms with E-state index in [2.05, 4.69) is 10.6 Å². The minimum Gasteiger partial charge on any atom is -0.477 e. The number of aliphatic hydroxyl groups is 9. The molecule has 3 saturated heterocycles. The third-order valence-corrected chi connectivity index (χ3v) is 8.98. The molecule has 0 aromatic heterocycles. The molecule has 0 saturated carbocycles. The van der Waals surface area contributed by atoms with E-state index in [1.165, 1.54) is 24.3 Å². The Morgan fingerprint density at radius 1 is 0.868 bits per heavy atom. The van der Waals surface area contributed by atoms with Gasteiger partial charge in [0.05, 0.1) is 32.0 Å². The molecule has 4 rings (SSSR count). The van der Waals surface area contributed by atoms with Crippen LogP contribution >= 0.6 is 0 Å². The Hall–Kier alpha value is -3.33. The molecule has 1 aromatic carbocycles.